The van der Waals surface area contributed by atoms with Gasteiger partial charge in [0.2, 0.25) is 5.76 Å². The molecule has 0 aromatic carbocycles. The maximum Gasteiger partial charge on any atom is 0.374 e. The molecule has 1 aliphatic rings. The molecule has 0 radical (unpaired) electrons. The molecule has 0 aliphatic carbocycles. The number of nitrogens with zero attached hydrogens (tertiary/aromatic N) is 1. The zero-order valence-electron chi connectivity index (χ0n) is 10.1. The maximum atomic E-state index is 11.4. The molecule has 5 heteroatoms. The highest BCUT2D eigenvalue weighted by molar-refractivity contribution is 5.87. The Morgan fingerprint density at radius 2 is 2.47 bits per heavy atom. The minimum Gasteiger partial charge on any atom is -0.463 e. The number of aryl methyl sites for hydroxylation is 1. The van der Waals surface area contributed by atoms with Gasteiger partial charge in [0.15, 0.2) is 0 Å². The Morgan fingerprint density at radius 3 is 3.06 bits per heavy atom. The minimum absolute atomic E-state index is 0.244. The SMILES string of the molecule is COC(=O)c1oc(CN2CCC(O)C2)cc1C. The van der Waals surface area contributed by atoms with Crippen molar-refractivity contribution in [3.8, 4) is 0 Å². The lowest BCUT2D eigenvalue weighted by molar-refractivity contribution is 0.0560. The van der Waals surface area contributed by atoms with E-state index in [0.29, 0.717) is 13.1 Å². The van der Waals surface area contributed by atoms with Crippen LogP contribution in [-0.2, 0) is 11.3 Å². The highest BCUT2D eigenvalue weighted by atomic mass is 16.5. The molecule has 1 unspecified atom stereocenters. The van der Waals surface area contributed by atoms with Crippen molar-refractivity contribution in [1.82, 2.24) is 4.90 Å². The average Bonchev–Trinajstić information content (AvgIpc) is 2.85. The molecule has 5 nitrogen and oxygen atoms in total. The summed E-state index contributed by atoms with van der Waals surface area (Å²) in [5.74, 6) is 0.550. The number of ether oxygens (including phenoxy) is 1. The van der Waals surface area contributed by atoms with E-state index >= 15 is 0 Å². The van der Waals surface area contributed by atoms with Crippen molar-refractivity contribution in [3.05, 3.63) is 23.2 Å². The second-order valence-corrected chi connectivity index (χ2v) is 4.39. The second-order valence-electron chi connectivity index (χ2n) is 4.39. The summed E-state index contributed by atoms with van der Waals surface area (Å²) in [5.41, 5.74) is 0.784. The third kappa shape index (κ3) is 2.68. The fourth-order valence-electron chi connectivity index (χ4n) is 2.10. The number of hydrogen-bond acceptors (Lipinski definition) is 5. The van der Waals surface area contributed by atoms with Crippen LogP contribution in [0.25, 0.3) is 0 Å². The lowest BCUT2D eigenvalue weighted by Crippen LogP contribution is -2.21. The van der Waals surface area contributed by atoms with Crippen LogP contribution in [0.2, 0.25) is 0 Å². The first-order valence-corrected chi connectivity index (χ1v) is 5.68. The molecule has 1 aromatic heterocycles. The standard InChI is InChI=1S/C12H17NO4/c1-8-5-10(17-11(8)12(15)16-2)7-13-4-3-9(14)6-13/h5,9,14H,3-4,6-7H2,1-2H3. The van der Waals surface area contributed by atoms with Gasteiger partial charge in [-0.15, -0.1) is 0 Å². The van der Waals surface area contributed by atoms with Crippen LogP contribution in [0, 0.1) is 6.92 Å². The highest BCUT2D eigenvalue weighted by Gasteiger charge is 2.22. The molecule has 94 valence electrons. The number of carbonyl (C=O) groups excluding carboxylic acids is 1. The van der Waals surface area contributed by atoms with Crippen LogP contribution in [0.3, 0.4) is 0 Å². The molecular formula is C12H17NO4. The van der Waals surface area contributed by atoms with Crippen LogP contribution < -0.4 is 0 Å². The van der Waals surface area contributed by atoms with E-state index in [-0.39, 0.29) is 11.9 Å². The first-order valence-electron chi connectivity index (χ1n) is 5.68. The van der Waals surface area contributed by atoms with Crippen molar-refractivity contribution in [1.29, 1.82) is 0 Å². The normalized spacial score (nSPS) is 20.8. The molecule has 0 bridgehead atoms. The number of carbonyl (C=O) groups is 1. The monoisotopic (exact) mass is 239 g/mol. The summed E-state index contributed by atoms with van der Waals surface area (Å²) in [6.45, 7) is 3.95. The van der Waals surface area contributed by atoms with Gasteiger partial charge in [-0.1, -0.05) is 0 Å². The maximum absolute atomic E-state index is 11.4. The summed E-state index contributed by atoms with van der Waals surface area (Å²) < 4.78 is 10.1. The fourth-order valence-corrected chi connectivity index (χ4v) is 2.10. The smallest absolute Gasteiger partial charge is 0.374 e. The largest absolute Gasteiger partial charge is 0.463 e. The molecule has 1 atom stereocenters. The van der Waals surface area contributed by atoms with Gasteiger partial charge in [0.1, 0.15) is 5.76 Å². The van der Waals surface area contributed by atoms with Gasteiger partial charge in [0.25, 0.3) is 0 Å². The van der Waals surface area contributed by atoms with Crippen molar-refractivity contribution >= 4 is 5.97 Å². The molecule has 17 heavy (non-hydrogen) atoms. The molecule has 0 saturated carbocycles. The molecule has 1 aliphatic heterocycles. The lowest BCUT2D eigenvalue weighted by Gasteiger charge is -2.12. The van der Waals surface area contributed by atoms with Gasteiger partial charge >= 0.3 is 5.97 Å². The van der Waals surface area contributed by atoms with Crippen LogP contribution in [-0.4, -0.2) is 42.3 Å². The number of β-amino-alcohol motifs (C(OH)–C–C–N with tert-alkyl or cyclic N) is 1. The molecular weight excluding hydrogens is 222 g/mol. The van der Waals surface area contributed by atoms with Gasteiger partial charge in [0, 0.05) is 18.7 Å². The Morgan fingerprint density at radius 1 is 1.71 bits per heavy atom. The summed E-state index contributed by atoms with van der Waals surface area (Å²) in [7, 11) is 1.33. The van der Waals surface area contributed by atoms with Crippen LogP contribution >= 0.6 is 0 Å². The first-order chi connectivity index (χ1) is 8.10. The van der Waals surface area contributed by atoms with E-state index in [0.717, 1.165) is 24.3 Å². The molecule has 2 heterocycles. The third-order valence-electron chi connectivity index (χ3n) is 2.97. The molecule has 1 N–H and O–H groups in total. The predicted molar refractivity (Wildman–Crippen MR) is 60.7 cm³/mol. The van der Waals surface area contributed by atoms with Crippen LogP contribution in [0.5, 0.6) is 0 Å². The summed E-state index contributed by atoms with van der Waals surface area (Å²) in [4.78, 5) is 13.5. The van der Waals surface area contributed by atoms with E-state index < -0.39 is 5.97 Å². The van der Waals surface area contributed by atoms with Gasteiger partial charge in [-0.3, -0.25) is 4.90 Å². The number of rotatable bonds is 3. The van der Waals surface area contributed by atoms with Crippen LogP contribution in [0.1, 0.15) is 28.3 Å². The summed E-state index contributed by atoms with van der Waals surface area (Å²) in [6.07, 6.45) is 0.551. The van der Waals surface area contributed by atoms with E-state index in [1.165, 1.54) is 7.11 Å². The summed E-state index contributed by atoms with van der Waals surface area (Å²) in [5, 5.41) is 9.42. The second kappa shape index (κ2) is 4.89. The molecule has 1 aromatic rings. The molecule has 0 spiro atoms. The van der Waals surface area contributed by atoms with E-state index in [4.69, 9.17) is 4.42 Å². The van der Waals surface area contributed by atoms with Gasteiger partial charge in [-0.2, -0.15) is 0 Å². The van der Waals surface area contributed by atoms with Gasteiger partial charge < -0.3 is 14.3 Å². The van der Waals surface area contributed by atoms with Crippen molar-refractivity contribution in [3.63, 3.8) is 0 Å². The summed E-state index contributed by atoms with van der Waals surface area (Å²) >= 11 is 0. The number of esters is 1. The zero-order chi connectivity index (χ0) is 12.4. The van der Waals surface area contributed by atoms with Crippen LogP contribution in [0.4, 0.5) is 0 Å². The Hall–Kier alpha value is -1.33. The Kier molecular flexibility index (Phi) is 3.49. The van der Waals surface area contributed by atoms with Crippen molar-refractivity contribution in [2.45, 2.75) is 26.0 Å². The molecule has 1 saturated heterocycles. The predicted octanol–water partition coefficient (Wildman–Crippen LogP) is 0.941. The average molecular weight is 239 g/mol. The van der Waals surface area contributed by atoms with Crippen molar-refractivity contribution in [2.75, 3.05) is 20.2 Å². The van der Waals surface area contributed by atoms with E-state index in [9.17, 15) is 9.90 Å². The number of furan rings is 1. The van der Waals surface area contributed by atoms with E-state index in [1.807, 2.05) is 13.0 Å². The van der Waals surface area contributed by atoms with E-state index in [1.54, 1.807) is 0 Å². The number of hydrogen-bond donors (Lipinski definition) is 1. The Bertz CT molecular complexity index is 413. The number of methoxy groups -OCH3 is 1. The Labute approximate surface area is 100.0 Å². The van der Waals surface area contributed by atoms with Crippen LogP contribution in [0.15, 0.2) is 10.5 Å². The molecule has 2 rings (SSSR count). The number of likely N-dealkylation sites (tertiary alicyclic amines) is 1. The Balaban J connectivity index is 2.05. The van der Waals surface area contributed by atoms with Gasteiger partial charge in [-0.25, -0.2) is 4.79 Å². The lowest BCUT2D eigenvalue weighted by atomic mass is 10.2. The molecule has 0 amide bonds. The summed E-state index contributed by atoms with van der Waals surface area (Å²) in [6, 6.07) is 1.84. The third-order valence-corrected chi connectivity index (χ3v) is 2.97. The van der Waals surface area contributed by atoms with Crippen molar-refractivity contribution < 1.29 is 19.1 Å². The molecule has 1 fully saturated rings. The fraction of sp³-hybridized carbons (Fsp3) is 0.583. The number of aliphatic hydroxyl groups is 1. The van der Waals surface area contributed by atoms with Gasteiger partial charge in [-0.05, 0) is 19.4 Å². The highest BCUT2D eigenvalue weighted by Crippen LogP contribution is 2.19. The quantitative estimate of drug-likeness (QED) is 0.795. The minimum atomic E-state index is -0.449. The topological polar surface area (TPSA) is 62.9 Å². The van der Waals surface area contributed by atoms with Gasteiger partial charge in [0.05, 0.1) is 19.8 Å². The first kappa shape index (κ1) is 12.1. The van der Waals surface area contributed by atoms with Crippen molar-refractivity contribution in [2.24, 2.45) is 0 Å². The zero-order valence-corrected chi connectivity index (χ0v) is 10.1. The van der Waals surface area contributed by atoms with E-state index in [2.05, 4.69) is 9.64 Å². The number of aliphatic hydroxyl groups excluding tert-OH is 1.